The number of nitrogens with one attached hydrogen (secondary N) is 1. The molecule has 0 spiro atoms. The number of rotatable bonds is 4. The van der Waals surface area contributed by atoms with E-state index in [1.54, 1.807) is 12.4 Å². The molecule has 0 aliphatic heterocycles. The van der Waals surface area contributed by atoms with Crippen LogP contribution in [0.5, 0.6) is 0 Å². The normalized spacial score (nSPS) is 12.1. The second-order valence-corrected chi connectivity index (χ2v) is 4.12. The maximum absolute atomic E-state index is 12.7. The Morgan fingerprint density at radius 1 is 1.24 bits per heavy atom. The van der Waals surface area contributed by atoms with Crippen LogP contribution < -0.4 is 5.32 Å². The van der Waals surface area contributed by atoms with Gasteiger partial charge in [-0.15, -0.1) is 0 Å². The van der Waals surface area contributed by atoms with E-state index in [-0.39, 0.29) is 11.9 Å². The molecule has 1 heterocycles. The Kier molecular flexibility index (Phi) is 3.70. The number of hydrogen-bond donors (Lipinski definition) is 1. The topological polar surface area (TPSA) is 24.9 Å². The molecule has 0 amide bonds. The maximum Gasteiger partial charge on any atom is 0.123 e. The molecular weight excluding hydrogens is 215 g/mol. The van der Waals surface area contributed by atoms with Crippen molar-refractivity contribution in [2.75, 3.05) is 5.32 Å². The predicted octanol–water partition coefficient (Wildman–Crippen LogP) is 3.26. The van der Waals surface area contributed by atoms with Gasteiger partial charge in [-0.25, -0.2) is 4.39 Å². The van der Waals surface area contributed by atoms with E-state index in [2.05, 4.69) is 17.2 Å². The summed E-state index contributed by atoms with van der Waals surface area (Å²) in [5, 5.41) is 3.35. The quantitative estimate of drug-likeness (QED) is 0.872. The molecule has 0 radical (unpaired) electrons. The Labute approximate surface area is 101 Å². The zero-order chi connectivity index (χ0) is 12.1. The van der Waals surface area contributed by atoms with Crippen LogP contribution in [0.2, 0.25) is 0 Å². The molecule has 0 saturated heterocycles. The molecule has 88 valence electrons. The lowest BCUT2D eigenvalue weighted by Gasteiger charge is -2.14. The van der Waals surface area contributed by atoms with Gasteiger partial charge in [-0.1, -0.05) is 12.1 Å². The molecule has 17 heavy (non-hydrogen) atoms. The summed E-state index contributed by atoms with van der Waals surface area (Å²) in [6.45, 7) is 2.09. The Balaban J connectivity index is 1.93. The Hall–Kier alpha value is -1.90. The molecule has 0 bridgehead atoms. The summed E-state index contributed by atoms with van der Waals surface area (Å²) < 4.78 is 12.7. The number of pyridine rings is 1. The monoisotopic (exact) mass is 230 g/mol. The van der Waals surface area contributed by atoms with E-state index < -0.39 is 0 Å². The fourth-order valence-electron chi connectivity index (χ4n) is 1.76. The van der Waals surface area contributed by atoms with E-state index in [0.717, 1.165) is 17.7 Å². The molecule has 1 N–H and O–H groups in total. The Morgan fingerprint density at radius 2 is 2.00 bits per heavy atom. The summed E-state index contributed by atoms with van der Waals surface area (Å²) in [7, 11) is 0. The lowest BCUT2D eigenvalue weighted by Crippen LogP contribution is -2.18. The average Bonchev–Trinajstić information content (AvgIpc) is 2.33. The van der Waals surface area contributed by atoms with Crippen LogP contribution in [-0.4, -0.2) is 11.0 Å². The summed E-state index contributed by atoms with van der Waals surface area (Å²) >= 11 is 0. The van der Waals surface area contributed by atoms with Crippen molar-refractivity contribution in [1.29, 1.82) is 0 Å². The van der Waals surface area contributed by atoms with Gasteiger partial charge in [-0.05, 0) is 43.2 Å². The zero-order valence-corrected chi connectivity index (χ0v) is 9.73. The lowest BCUT2D eigenvalue weighted by atomic mass is 10.1. The van der Waals surface area contributed by atoms with E-state index >= 15 is 0 Å². The maximum atomic E-state index is 12.7. The number of benzene rings is 1. The second-order valence-electron chi connectivity index (χ2n) is 4.12. The van der Waals surface area contributed by atoms with Gasteiger partial charge in [-0.3, -0.25) is 4.98 Å². The van der Waals surface area contributed by atoms with E-state index in [1.165, 1.54) is 12.1 Å². The third kappa shape index (κ3) is 3.55. The molecule has 1 aromatic heterocycles. The minimum atomic E-state index is -0.193. The van der Waals surface area contributed by atoms with Gasteiger partial charge < -0.3 is 5.32 Å². The van der Waals surface area contributed by atoms with Crippen molar-refractivity contribution in [3.8, 4) is 0 Å². The van der Waals surface area contributed by atoms with Crippen molar-refractivity contribution >= 4 is 5.69 Å². The molecule has 3 heteroatoms. The first kappa shape index (κ1) is 11.6. The number of anilines is 1. The summed E-state index contributed by atoms with van der Waals surface area (Å²) in [5.41, 5.74) is 2.12. The number of aromatic nitrogens is 1. The fourth-order valence-corrected chi connectivity index (χ4v) is 1.76. The van der Waals surface area contributed by atoms with E-state index in [4.69, 9.17) is 0 Å². The largest absolute Gasteiger partial charge is 0.381 e. The van der Waals surface area contributed by atoms with Crippen LogP contribution in [-0.2, 0) is 6.42 Å². The summed E-state index contributed by atoms with van der Waals surface area (Å²) in [6, 6.07) is 10.8. The summed E-state index contributed by atoms with van der Waals surface area (Å²) in [4.78, 5) is 4.04. The molecule has 2 nitrogen and oxygen atoms in total. The minimum Gasteiger partial charge on any atom is -0.381 e. The zero-order valence-electron chi connectivity index (χ0n) is 9.73. The van der Waals surface area contributed by atoms with Crippen LogP contribution >= 0.6 is 0 Å². The Morgan fingerprint density at radius 3 is 2.65 bits per heavy atom. The SMILES string of the molecule is CC(Cc1ccc(F)cc1)Nc1cccnc1. The third-order valence-electron chi connectivity index (χ3n) is 2.53. The lowest BCUT2D eigenvalue weighted by molar-refractivity contribution is 0.626. The molecule has 1 aromatic carbocycles. The van der Waals surface area contributed by atoms with Gasteiger partial charge in [0.2, 0.25) is 0 Å². The highest BCUT2D eigenvalue weighted by Gasteiger charge is 2.03. The van der Waals surface area contributed by atoms with Crippen molar-refractivity contribution in [3.63, 3.8) is 0 Å². The van der Waals surface area contributed by atoms with Gasteiger partial charge in [0.05, 0.1) is 5.69 Å². The van der Waals surface area contributed by atoms with Gasteiger partial charge in [0.15, 0.2) is 0 Å². The third-order valence-corrected chi connectivity index (χ3v) is 2.53. The predicted molar refractivity (Wildman–Crippen MR) is 67.4 cm³/mol. The van der Waals surface area contributed by atoms with Crippen molar-refractivity contribution in [1.82, 2.24) is 4.98 Å². The molecule has 0 fully saturated rings. The highest BCUT2D eigenvalue weighted by Crippen LogP contribution is 2.10. The first-order valence-electron chi connectivity index (χ1n) is 5.65. The van der Waals surface area contributed by atoms with Gasteiger partial charge in [0.1, 0.15) is 5.82 Å². The van der Waals surface area contributed by atoms with Crippen molar-refractivity contribution in [2.45, 2.75) is 19.4 Å². The summed E-state index contributed by atoms with van der Waals surface area (Å²) in [5.74, 6) is -0.193. The molecule has 1 unspecified atom stereocenters. The molecule has 0 saturated carbocycles. The van der Waals surface area contributed by atoms with Crippen LogP contribution in [0, 0.1) is 5.82 Å². The van der Waals surface area contributed by atoms with E-state index in [0.29, 0.717) is 0 Å². The number of halogens is 1. The number of nitrogens with zero attached hydrogens (tertiary/aromatic N) is 1. The minimum absolute atomic E-state index is 0.193. The van der Waals surface area contributed by atoms with Crippen LogP contribution in [0.15, 0.2) is 48.8 Å². The van der Waals surface area contributed by atoms with E-state index in [1.807, 2.05) is 24.3 Å². The standard InChI is InChI=1S/C14H15FN2/c1-11(17-14-3-2-8-16-10-14)9-12-4-6-13(15)7-5-12/h2-8,10-11,17H,9H2,1H3. The first-order valence-corrected chi connectivity index (χ1v) is 5.65. The molecule has 2 aromatic rings. The molecular formula is C14H15FN2. The van der Waals surface area contributed by atoms with Gasteiger partial charge in [0, 0.05) is 18.4 Å². The van der Waals surface area contributed by atoms with Crippen LogP contribution in [0.25, 0.3) is 0 Å². The fraction of sp³-hybridized carbons (Fsp3) is 0.214. The molecule has 0 aliphatic rings. The van der Waals surface area contributed by atoms with Crippen LogP contribution in [0.4, 0.5) is 10.1 Å². The first-order chi connectivity index (χ1) is 8.24. The second kappa shape index (κ2) is 5.43. The molecule has 0 aliphatic carbocycles. The molecule has 1 atom stereocenters. The van der Waals surface area contributed by atoms with Gasteiger partial charge >= 0.3 is 0 Å². The van der Waals surface area contributed by atoms with E-state index in [9.17, 15) is 4.39 Å². The van der Waals surface area contributed by atoms with Crippen molar-refractivity contribution in [3.05, 3.63) is 60.2 Å². The van der Waals surface area contributed by atoms with Crippen LogP contribution in [0.1, 0.15) is 12.5 Å². The van der Waals surface area contributed by atoms with Crippen molar-refractivity contribution in [2.24, 2.45) is 0 Å². The molecule has 2 rings (SSSR count). The average molecular weight is 230 g/mol. The smallest absolute Gasteiger partial charge is 0.123 e. The highest BCUT2D eigenvalue weighted by atomic mass is 19.1. The van der Waals surface area contributed by atoms with Gasteiger partial charge in [0.25, 0.3) is 0 Å². The Bertz CT molecular complexity index is 453. The van der Waals surface area contributed by atoms with Crippen LogP contribution in [0.3, 0.4) is 0 Å². The van der Waals surface area contributed by atoms with Crippen molar-refractivity contribution < 1.29 is 4.39 Å². The highest BCUT2D eigenvalue weighted by molar-refractivity contribution is 5.41. The van der Waals surface area contributed by atoms with Gasteiger partial charge in [-0.2, -0.15) is 0 Å². The number of hydrogen-bond acceptors (Lipinski definition) is 2. The summed E-state index contributed by atoms with van der Waals surface area (Å²) in [6.07, 6.45) is 4.39.